The highest BCUT2D eigenvalue weighted by Gasteiger charge is 2.12. The molecule has 3 nitrogen and oxygen atoms in total. The van der Waals surface area contributed by atoms with Gasteiger partial charge in [0.2, 0.25) is 0 Å². The molecule has 0 aliphatic carbocycles. The smallest absolute Gasteiger partial charge is 0.164 e. The Labute approximate surface area is 160 Å². The second-order valence-corrected chi connectivity index (χ2v) is 6.45. The summed E-state index contributed by atoms with van der Waals surface area (Å²) in [6.07, 6.45) is 0. The number of phenolic OH excluding ortho intramolecular Hbond substituents is 1. The fourth-order valence-corrected chi connectivity index (χ4v) is 2.89. The molecule has 0 heterocycles. The summed E-state index contributed by atoms with van der Waals surface area (Å²) in [5.74, 6) is 1.39. The van der Waals surface area contributed by atoms with Crippen LogP contribution in [0.1, 0.15) is 5.56 Å². The maximum Gasteiger partial charge on any atom is 0.164 e. The van der Waals surface area contributed by atoms with E-state index in [1.165, 1.54) is 0 Å². The van der Waals surface area contributed by atoms with Crippen molar-refractivity contribution in [1.29, 1.82) is 0 Å². The molecule has 0 aliphatic rings. The van der Waals surface area contributed by atoms with E-state index in [1.807, 2.05) is 0 Å². The molecule has 0 fully saturated rings. The van der Waals surface area contributed by atoms with E-state index in [-0.39, 0.29) is 12.4 Å². The Balaban J connectivity index is 1.75. The Hall–Kier alpha value is -2.07. The second kappa shape index (κ2) is 7.87. The number of hydrogen-bond donors (Lipinski definition) is 1. The van der Waals surface area contributed by atoms with Gasteiger partial charge >= 0.3 is 0 Å². The first-order valence-corrected chi connectivity index (χ1v) is 8.48. The van der Waals surface area contributed by atoms with Crippen LogP contribution in [0.15, 0.2) is 60.7 Å². The maximum absolute atomic E-state index is 9.72. The van der Waals surface area contributed by atoms with Crippen molar-refractivity contribution < 1.29 is 14.6 Å². The van der Waals surface area contributed by atoms with E-state index in [2.05, 4.69) is 0 Å². The second-order valence-electron chi connectivity index (χ2n) is 5.20. The van der Waals surface area contributed by atoms with Crippen LogP contribution in [0.3, 0.4) is 0 Å². The molecule has 0 aromatic heterocycles. The van der Waals surface area contributed by atoms with Crippen molar-refractivity contribution in [3.05, 3.63) is 81.3 Å². The SMILES string of the molecule is Oc1ccccc1OCc1cc(Cl)c(Oc2ccc(Cl)cc2)c(Cl)c1. The molecule has 3 rings (SSSR count). The van der Waals surface area contributed by atoms with Gasteiger partial charge in [-0.3, -0.25) is 0 Å². The first kappa shape index (κ1) is 17.7. The minimum atomic E-state index is 0.0717. The number of rotatable bonds is 5. The molecule has 0 amide bonds. The van der Waals surface area contributed by atoms with Gasteiger partial charge in [-0.05, 0) is 54.1 Å². The normalized spacial score (nSPS) is 10.5. The van der Waals surface area contributed by atoms with E-state index in [0.29, 0.717) is 32.3 Å². The lowest BCUT2D eigenvalue weighted by molar-refractivity contribution is 0.289. The standard InChI is InChI=1S/C19H13Cl3O3/c20-13-5-7-14(8-6-13)25-19-15(21)9-12(10-16(19)22)11-24-18-4-2-1-3-17(18)23/h1-10,23H,11H2. The predicted octanol–water partition coefficient (Wildman–Crippen LogP) is 6.72. The molecule has 3 aromatic rings. The maximum atomic E-state index is 9.72. The fraction of sp³-hybridized carbons (Fsp3) is 0.0526. The van der Waals surface area contributed by atoms with Crippen molar-refractivity contribution >= 4 is 34.8 Å². The van der Waals surface area contributed by atoms with Crippen molar-refractivity contribution in [3.63, 3.8) is 0 Å². The van der Waals surface area contributed by atoms with Crippen molar-refractivity contribution in [3.8, 4) is 23.0 Å². The summed E-state index contributed by atoms with van der Waals surface area (Å²) >= 11 is 18.4. The predicted molar refractivity (Wildman–Crippen MR) is 100 cm³/mol. The highest BCUT2D eigenvalue weighted by Crippen LogP contribution is 2.38. The van der Waals surface area contributed by atoms with Crippen molar-refractivity contribution in [1.82, 2.24) is 0 Å². The average molecular weight is 396 g/mol. The molecule has 25 heavy (non-hydrogen) atoms. The summed E-state index contributed by atoms with van der Waals surface area (Å²) in [5, 5.41) is 11.1. The van der Waals surface area contributed by atoms with Crippen LogP contribution in [-0.2, 0) is 6.61 Å². The van der Waals surface area contributed by atoms with Crippen LogP contribution in [0.25, 0.3) is 0 Å². The molecule has 3 aromatic carbocycles. The zero-order valence-electron chi connectivity index (χ0n) is 12.9. The molecule has 1 N–H and O–H groups in total. The fourth-order valence-electron chi connectivity index (χ4n) is 2.15. The lowest BCUT2D eigenvalue weighted by atomic mass is 10.2. The highest BCUT2D eigenvalue weighted by molar-refractivity contribution is 6.37. The zero-order valence-corrected chi connectivity index (χ0v) is 15.1. The van der Waals surface area contributed by atoms with E-state index in [9.17, 15) is 5.11 Å². The van der Waals surface area contributed by atoms with Crippen molar-refractivity contribution in [2.45, 2.75) is 6.61 Å². The summed E-state index contributed by atoms with van der Waals surface area (Å²) in [6, 6.07) is 17.0. The lowest BCUT2D eigenvalue weighted by Gasteiger charge is -2.13. The average Bonchev–Trinajstić information content (AvgIpc) is 2.59. The quantitative estimate of drug-likeness (QED) is 0.521. The molecule has 0 radical (unpaired) electrons. The first-order valence-electron chi connectivity index (χ1n) is 7.35. The van der Waals surface area contributed by atoms with Crippen LogP contribution in [0.5, 0.6) is 23.0 Å². The number of phenols is 1. The third-order valence-corrected chi connectivity index (χ3v) is 4.16. The van der Waals surface area contributed by atoms with Crippen LogP contribution in [0, 0.1) is 0 Å². The Morgan fingerprint density at radius 3 is 2.12 bits per heavy atom. The van der Waals surface area contributed by atoms with E-state index in [4.69, 9.17) is 44.3 Å². The number of ether oxygens (including phenoxy) is 2. The molecule has 128 valence electrons. The van der Waals surface area contributed by atoms with Crippen LogP contribution < -0.4 is 9.47 Å². The number of benzene rings is 3. The van der Waals surface area contributed by atoms with Crippen molar-refractivity contribution in [2.24, 2.45) is 0 Å². The molecular formula is C19H13Cl3O3. The van der Waals surface area contributed by atoms with E-state index in [0.717, 1.165) is 5.56 Å². The molecule has 0 saturated heterocycles. The Bertz CT molecular complexity index is 856. The topological polar surface area (TPSA) is 38.7 Å². The number of hydrogen-bond acceptors (Lipinski definition) is 3. The van der Waals surface area contributed by atoms with Gasteiger partial charge < -0.3 is 14.6 Å². The minimum absolute atomic E-state index is 0.0717. The van der Waals surface area contributed by atoms with Crippen LogP contribution in [0.2, 0.25) is 15.1 Å². The molecule has 0 spiro atoms. The summed E-state index contributed by atoms with van der Waals surface area (Å²) < 4.78 is 11.3. The summed E-state index contributed by atoms with van der Waals surface area (Å²) in [5.41, 5.74) is 0.752. The molecule has 0 saturated carbocycles. The summed E-state index contributed by atoms with van der Waals surface area (Å²) in [6.45, 7) is 0.207. The van der Waals surface area contributed by atoms with E-state index >= 15 is 0 Å². The minimum Gasteiger partial charge on any atom is -0.504 e. The van der Waals surface area contributed by atoms with Crippen LogP contribution in [-0.4, -0.2) is 5.11 Å². The third kappa shape index (κ3) is 4.51. The third-order valence-electron chi connectivity index (χ3n) is 3.35. The Morgan fingerprint density at radius 1 is 0.840 bits per heavy atom. The molecule has 0 aliphatic heterocycles. The van der Waals surface area contributed by atoms with Gasteiger partial charge in [-0.1, -0.05) is 46.9 Å². The van der Waals surface area contributed by atoms with Gasteiger partial charge in [0.05, 0.1) is 10.0 Å². The summed E-state index contributed by atoms with van der Waals surface area (Å²) in [4.78, 5) is 0. The molecule has 6 heteroatoms. The Morgan fingerprint density at radius 2 is 1.48 bits per heavy atom. The van der Waals surface area contributed by atoms with E-state index < -0.39 is 0 Å². The van der Waals surface area contributed by atoms with Crippen LogP contribution >= 0.6 is 34.8 Å². The molecule has 0 bridgehead atoms. The van der Waals surface area contributed by atoms with Crippen LogP contribution in [0.4, 0.5) is 0 Å². The van der Waals surface area contributed by atoms with Gasteiger partial charge in [0.15, 0.2) is 17.2 Å². The van der Waals surface area contributed by atoms with E-state index in [1.54, 1.807) is 60.7 Å². The Kier molecular flexibility index (Phi) is 5.59. The van der Waals surface area contributed by atoms with Gasteiger partial charge in [0, 0.05) is 5.02 Å². The lowest BCUT2D eigenvalue weighted by Crippen LogP contribution is -1.97. The number of aromatic hydroxyl groups is 1. The summed E-state index contributed by atoms with van der Waals surface area (Å²) in [7, 11) is 0. The van der Waals surface area contributed by atoms with Gasteiger partial charge in [0.25, 0.3) is 0 Å². The molecular weight excluding hydrogens is 383 g/mol. The molecule has 0 unspecified atom stereocenters. The highest BCUT2D eigenvalue weighted by atomic mass is 35.5. The zero-order chi connectivity index (χ0) is 17.8. The number of para-hydroxylation sites is 2. The van der Waals surface area contributed by atoms with Gasteiger partial charge in [-0.15, -0.1) is 0 Å². The largest absolute Gasteiger partial charge is 0.504 e. The first-order chi connectivity index (χ1) is 12.0. The van der Waals surface area contributed by atoms with Crippen molar-refractivity contribution in [2.75, 3.05) is 0 Å². The van der Waals surface area contributed by atoms with Gasteiger partial charge in [-0.2, -0.15) is 0 Å². The van der Waals surface area contributed by atoms with Gasteiger partial charge in [-0.25, -0.2) is 0 Å². The number of halogens is 3. The molecule has 0 atom stereocenters. The monoisotopic (exact) mass is 394 g/mol. The van der Waals surface area contributed by atoms with Gasteiger partial charge in [0.1, 0.15) is 12.4 Å².